The van der Waals surface area contributed by atoms with Gasteiger partial charge in [0.05, 0.1) is 11.3 Å². The van der Waals surface area contributed by atoms with Gasteiger partial charge < -0.3 is 10.1 Å². The van der Waals surface area contributed by atoms with Crippen molar-refractivity contribution in [1.82, 2.24) is 14.6 Å². The largest absolute Gasteiger partial charge is 0.493 e. The smallest absolute Gasteiger partial charge is 0.258 e. The fraction of sp³-hybridized carbons (Fsp3) is 0.143. The van der Waals surface area contributed by atoms with Crippen LogP contribution in [0.4, 0.5) is 4.39 Å². The molecule has 20 heavy (non-hydrogen) atoms. The lowest BCUT2D eigenvalue weighted by atomic mass is 10.1. The molecule has 0 fully saturated rings. The molecule has 2 N–H and O–H groups in total. The van der Waals surface area contributed by atoms with Crippen molar-refractivity contribution in [3.05, 3.63) is 63.3 Å². The molecule has 2 aromatic heterocycles. The van der Waals surface area contributed by atoms with E-state index in [1.54, 1.807) is 25.1 Å². The maximum atomic E-state index is 12.9. The normalized spacial score (nSPS) is 11.1. The van der Waals surface area contributed by atoms with E-state index in [2.05, 4.69) is 10.1 Å². The first-order valence-electron chi connectivity index (χ1n) is 6.09. The monoisotopic (exact) mass is 273 g/mol. The molecule has 0 aliphatic heterocycles. The Bertz CT molecular complexity index is 834. The highest BCUT2D eigenvalue weighted by Crippen LogP contribution is 2.18. The van der Waals surface area contributed by atoms with E-state index in [1.165, 1.54) is 16.6 Å². The van der Waals surface area contributed by atoms with Crippen LogP contribution in [0.25, 0.3) is 5.65 Å². The number of fused-ring (bicyclic) bond motifs is 1. The molecule has 3 aromatic rings. The van der Waals surface area contributed by atoms with Crippen LogP contribution in [0.15, 0.2) is 35.1 Å². The average molecular weight is 273 g/mol. The van der Waals surface area contributed by atoms with Gasteiger partial charge in [0.2, 0.25) is 5.88 Å². The number of aromatic amines is 1. The third kappa shape index (κ3) is 2.05. The highest BCUT2D eigenvalue weighted by molar-refractivity contribution is 5.44. The molecule has 3 rings (SSSR count). The van der Waals surface area contributed by atoms with Crippen molar-refractivity contribution in [3.8, 4) is 5.88 Å². The SMILES string of the molecule is Cc1cc2[nH]c(=O)c(Cc3ccc(F)cc3)c(O)n2n1. The highest BCUT2D eigenvalue weighted by Gasteiger charge is 2.14. The minimum absolute atomic E-state index is 0.193. The molecule has 2 heterocycles. The number of halogens is 1. The molecular weight excluding hydrogens is 261 g/mol. The second kappa shape index (κ2) is 4.48. The summed E-state index contributed by atoms with van der Waals surface area (Å²) in [5.41, 5.74) is 1.68. The molecule has 1 aromatic carbocycles. The zero-order chi connectivity index (χ0) is 14.3. The maximum absolute atomic E-state index is 12.9. The summed E-state index contributed by atoms with van der Waals surface area (Å²) in [6.07, 6.45) is 0.205. The maximum Gasteiger partial charge on any atom is 0.258 e. The van der Waals surface area contributed by atoms with E-state index in [-0.39, 0.29) is 29.2 Å². The van der Waals surface area contributed by atoms with Crippen LogP contribution in [0.1, 0.15) is 16.8 Å². The second-order valence-corrected chi connectivity index (χ2v) is 4.64. The number of H-pyrrole nitrogens is 1. The lowest BCUT2D eigenvalue weighted by Gasteiger charge is -2.05. The van der Waals surface area contributed by atoms with Gasteiger partial charge in [-0.05, 0) is 24.6 Å². The standard InChI is InChI=1S/C14H12FN3O2/c1-8-6-12-16-13(19)11(14(20)18(12)17-8)7-9-2-4-10(15)5-3-9/h2-6,20H,7H2,1H3,(H,16,19). The summed E-state index contributed by atoms with van der Waals surface area (Å²) in [5, 5.41) is 14.3. The first-order chi connectivity index (χ1) is 9.54. The van der Waals surface area contributed by atoms with Crippen molar-refractivity contribution in [1.29, 1.82) is 0 Å². The molecule has 0 aliphatic carbocycles. The molecule has 0 unspecified atom stereocenters. The fourth-order valence-electron chi connectivity index (χ4n) is 2.14. The van der Waals surface area contributed by atoms with Crippen LogP contribution in [0.5, 0.6) is 5.88 Å². The third-order valence-corrected chi connectivity index (χ3v) is 3.11. The van der Waals surface area contributed by atoms with Crippen LogP contribution in [0.3, 0.4) is 0 Å². The summed E-state index contributed by atoms with van der Waals surface area (Å²) in [6, 6.07) is 7.45. The van der Waals surface area contributed by atoms with Gasteiger partial charge in [0.15, 0.2) is 0 Å². The molecule has 0 aliphatic rings. The molecule has 0 radical (unpaired) electrons. The number of aryl methyl sites for hydroxylation is 1. The predicted octanol–water partition coefficient (Wildman–Crippen LogP) is 1.77. The van der Waals surface area contributed by atoms with Gasteiger partial charge in [-0.1, -0.05) is 12.1 Å². The number of benzene rings is 1. The van der Waals surface area contributed by atoms with Crippen LogP contribution in [0, 0.1) is 12.7 Å². The second-order valence-electron chi connectivity index (χ2n) is 4.64. The van der Waals surface area contributed by atoms with E-state index < -0.39 is 0 Å². The van der Waals surface area contributed by atoms with Gasteiger partial charge in [0.1, 0.15) is 11.5 Å². The molecule has 0 saturated carbocycles. The van der Waals surface area contributed by atoms with Crippen molar-refractivity contribution in [3.63, 3.8) is 0 Å². The Morgan fingerprint density at radius 1 is 1.35 bits per heavy atom. The van der Waals surface area contributed by atoms with E-state index >= 15 is 0 Å². The highest BCUT2D eigenvalue weighted by atomic mass is 19.1. The van der Waals surface area contributed by atoms with Crippen molar-refractivity contribution >= 4 is 5.65 Å². The zero-order valence-corrected chi connectivity index (χ0v) is 10.7. The Labute approximate surface area is 113 Å². The van der Waals surface area contributed by atoms with Gasteiger partial charge in [-0.25, -0.2) is 4.39 Å². The molecule has 0 spiro atoms. The molecule has 6 heteroatoms. The molecule has 0 amide bonds. The zero-order valence-electron chi connectivity index (χ0n) is 10.7. The van der Waals surface area contributed by atoms with Crippen LogP contribution >= 0.6 is 0 Å². The molecular formula is C14H12FN3O2. The van der Waals surface area contributed by atoms with Crippen molar-refractivity contribution in [2.24, 2.45) is 0 Å². The average Bonchev–Trinajstić information content (AvgIpc) is 2.77. The van der Waals surface area contributed by atoms with Gasteiger partial charge in [0.25, 0.3) is 5.56 Å². The molecule has 0 saturated heterocycles. The number of nitrogens with zero attached hydrogens (tertiary/aromatic N) is 2. The molecule has 0 bridgehead atoms. The van der Waals surface area contributed by atoms with E-state index in [0.717, 1.165) is 5.56 Å². The first-order valence-corrected chi connectivity index (χ1v) is 6.09. The van der Waals surface area contributed by atoms with Gasteiger partial charge in [-0.2, -0.15) is 9.61 Å². The number of nitrogens with one attached hydrogen (secondary N) is 1. The fourth-order valence-corrected chi connectivity index (χ4v) is 2.14. The van der Waals surface area contributed by atoms with Crippen molar-refractivity contribution in [2.45, 2.75) is 13.3 Å². The number of aromatic nitrogens is 3. The van der Waals surface area contributed by atoms with Crippen LogP contribution in [-0.4, -0.2) is 19.7 Å². The summed E-state index contributed by atoms with van der Waals surface area (Å²) in [4.78, 5) is 14.7. The summed E-state index contributed by atoms with van der Waals surface area (Å²) in [5.74, 6) is -0.536. The summed E-state index contributed by atoms with van der Waals surface area (Å²) in [6.45, 7) is 1.77. The first kappa shape index (κ1) is 12.4. The summed E-state index contributed by atoms with van der Waals surface area (Å²) >= 11 is 0. The van der Waals surface area contributed by atoms with Crippen molar-refractivity contribution in [2.75, 3.05) is 0 Å². The number of aromatic hydroxyl groups is 1. The van der Waals surface area contributed by atoms with Crippen LogP contribution in [-0.2, 0) is 6.42 Å². The number of hydrogen-bond acceptors (Lipinski definition) is 3. The quantitative estimate of drug-likeness (QED) is 0.747. The van der Waals surface area contributed by atoms with E-state index in [1.807, 2.05) is 0 Å². The summed E-state index contributed by atoms with van der Waals surface area (Å²) < 4.78 is 14.2. The van der Waals surface area contributed by atoms with Gasteiger partial charge in [-0.15, -0.1) is 0 Å². The molecule has 5 nitrogen and oxygen atoms in total. The Kier molecular flexibility index (Phi) is 2.78. The lowest BCUT2D eigenvalue weighted by molar-refractivity contribution is 0.427. The minimum Gasteiger partial charge on any atom is -0.493 e. The Balaban J connectivity index is 2.11. The Hall–Kier alpha value is -2.63. The predicted molar refractivity (Wildman–Crippen MR) is 71.4 cm³/mol. The van der Waals surface area contributed by atoms with Gasteiger partial charge in [0, 0.05) is 12.5 Å². The minimum atomic E-state index is -0.376. The lowest BCUT2D eigenvalue weighted by Crippen LogP contribution is -2.16. The Morgan fingerprint density at radius 3 is 2.75 bits per heavy atom. The number of rotatable bonds is 2. The number of hydrogen-bond donors (Lipinski definition) is 2. The van der Waals surface area contributed by atoms with Gasteiger partial charge in [-0.3, -0.25) is 4.79 Å². The van der Waals surface area contributed by atoms with Crippen LogP contribution < -0.4 is 5.56 Å². The summed E-state index contributed by atoms with van der Waals surface area (Å²) in [7, 11) is 0. The van der Waals surface area contributed by atoms with E-state index in [9.17, 15) is 14.3 Å². The molecule has 102 valence electrons. The molecule has 0 atom stereocenters. The van der Waals surface area contributed by atoms with Gasteiger partial charge >= 0.3 is 0 Å². The third-order valence-electron chi connectivity index (χ3n) is 3.11. The van der Waals surface area contributed by atoms with E-state index in [0.29, 0.717) is 11.3 Å². The van der Waals surface area contributed by atoms with Crippen LogP contribution in [0.2, 0.25) is 0 Å². The van der Waals surface area contributed by atoms with Crippen molar-refractivity contribution < 1.29 is 9.50 Å². The van der Waals surface area contributed by atoms with E-state index in [4.69, 9.17) is 0 Å². The topological polar surface area (TPSA) is 70.4 Å². The Morgan fingerprint density at radius 2 is 2.05 bits per heavy atom.